The first-order chi connectivity index (χ1) is 10.6. The summed E-state index contributed by atoms with van der Waals surface area (Å²) < 4.78 is 9.94. The van der Waals surface area contributed by atoms with Crippen LogP contribution in [-0.4, -0.2) is 4.68 Å². The van der Waals surface area contributed by atoms with Crippen LogP contribution in [0.4, 0.5) is 0 Å². The molecule has 4 rings (SSSR count). The average Bonchev–Trinajstić information content (AvgIpc) is 2.98. The zero-order valence-electron chi connectivity index (χ0n) is 12.9. The van der Waals surface area contributed by atoms with E-state index >= 15 is 0 Å². The number of hydrogen-bond donors (Lipinski definition) is 1. The molecule has 0 radical (unpaired) electrons. The Balaban J connectivity index is 2.21. The molecule has 2 heterocycles. The number of fused-ring (bicyclic) bond motifs is 3. The van der Waals surface area contributed by atoms with Crippen molar-refractivity contribution in [3.8, 4) is 5.69 Å². The molecule has 4 nitrogen and oxygen atoms in total. The van der Waals surface area contributed by atoms with E-state index in [0.717, 1.165) is 33.7 Å². The van der Waals surface area contributed by atoms with Crippen molar-refractivity contribution >= 4 is 22.2 Å². The van der Waals surface area contributed by atoms with Crippen molar-refractivity contribution in [2.75, 3.05) is 5.84 Å². The van der Waals surface area contributed by atoms with E-state index in [1.807, 2.05) is 31.2 Å². The second kappa shape index (κ2) is 4.37. The van der Waals surface area contributed by atoms with Gasteiger partial charge in [0.25, 0.3) is 5.82 Å². The number of benzene rings is 2. The first kappa shape index (κ1) is 13.0. The van der Waals surface area contributed by atoms with E-state index in [1.165, 1.54) is 11.1 Å². The smallest absolute Gasteiger partial charge is 0.346 e. The van der Waals surface area contributed by atoms with Gasteiger partial charge in [-0.15, -0.1) is 4.68 Å². The van der Waals surface area contributed by atoms with Crippen molar-refractivity contribution in [3.63, 3.8) is 0 Å². The Bertz CT molecular complexity index is 1000. The van der Waals surface area contributed by atoms with Crippen LogP contribution in [0, 0.1) is 20.8 Å². The van der Waals surface area contributed by atoms with Crippen LogP contribution >= 0.6 is 0 Å². The van der Waals surface area contributed by atoms with Crippen LogP contribution in [0.5, 0.6) is 0 Å². The number of hydrogen-bond acceptors (Lipinski definition) is 2. The number of rotatable bonds is 1. The lowest BCUT2D eigenvalue weighted by Gasteiger charge is -2.06. The van der Waals surface area contributed by atoms with Gasteiger partial charge in [0.15, 0.2) is 0 Å². The molecule has 0 saturated carbocycles. The summed E-state index contributed by atoms with van der Waals surface area (Å²) in [7, 11) is 0. The third kappa shape index (κ3) is 1.55. The fraction of sp³-hybridized carbons (Fsp3) is 0.167. The van der Waals surface area contributed by atoms with Crippen molar-refractivity contribution < 1.29 is 8.98 Å². The summed E-state index contributed by atoms with van der Waals surface area (Å²) in [6.07, 6.45) is 0. The molecule has 0 atom stereocenters. The number of para-hydroxylation sites is 2. The fourth-order valence-corrected chi connectivity index (χ4v) is 3.24. The molecule has 22 heavy (non-hydrogen) atoms. The highest BCUT2D eigenvalue weighted by Gasteiger charge is 2.29. The van der Waals surface area contributed by atoms with Crippen LogP contribution in [0.2, 0.25) is 0 Å². The molecule has 110 valence electrons. The van der Waals surface area contributed by atoms with Gasteiger partial charge in [0.1, 0.15) is 11.3 Å². The van der Waals surface area contributed by atoms with Crippen LogP contribution in [0.1, 0.15) is 17.0 Å². The lowest BCUT2D eigenvalue weighted by Crippen LogP contribution is -2.36. The maximum Gasteiger partial charge on any atom is 0.346 e. The number of nitrogens with two attached hydrogens (primary N) is 1. The molecule has 2 N–H and O–H groups in total. The van der Waals surface area contributed by atoms with Gasteiger partial charge >= 0.3 is 5.71 Å². The monoisotopic (exact) mass is 292 g/mol. The highest BCUT2D eigenvalue weighted by atomic mass is 16.3. The summed E-state index contributed by atoms with van der Waals surface area (Å²) >= 11 is 0. The molecule has 2 aromatic carbocycles. The molecule has 0 unspecified atom stereocenters. The summed E-state index contributed by atoms with van der Waals surface area (Å²) in [4.78, 5) is 0. The van der Waals surface area contributed by atoms with Gasteiger partial charge in [-0.05, 0) is 37.1 Å². The number of aryl methyl sites for hydroxylation is 2. The molecule has 4 heteroatoms. The van der Waals surface area contributed by atoms with Crippen LogP contribution in [0.3, 0.4) is 0 Å². The van der Waals surface area contributed by atoms with Gasteiger partial charge in [-0.1, -0.05) is 30.3 Å². The van der Waals surface area contributed by atoms with E-state index < -0.39 is 0 Å². The molecule has 0 spiro atoms. The maximum atomic E-state index is 6.32. The standard InChI is InChI=1S/C18H18N3O/c1-11-7-6-8-12(2)16(11)20-13(3)21(19)17-14-9-4-5-10-15(14)22-18(17)20/h4-10H,19H2,1-3H3/q+1. The number of aromatic nitrogens is 2. The van der Waals surface area contributed by atoms with Gasteiger partial charge in [-0.2, -0.15) is 4.57 Å². The molecule has 4 aromatic rings. The molecule has 0 amide bonds. The first-order valence-corrected chi connectivity index (χ1v) is 7.36. The third-order valence-electron chi connectivity index (χ3n) is 4.33. The molecule has 0 aliphatic carbocycles. The Kier molecular flexibility index (Phi) is 2.57. The first-order valence-electron chi connectivity index (χ1n) is 7.36. The third-order valence-corrected chi connectivity index (χ3v) is 4.33. The van der Waals surface area contributed by atoms with Crippen LogP contribution in [0.15, 0.2) is 46.9 Å². The van der Waals surface area contributed by atoms with Gasteiger partial charge in [-0.3, -0.25) is 5.84 Å². The summed E-state index contributed by atoms with van der Waals surface area (Å²) in [5, 5.41) is 1.04. The Morgan fingerprint density at radius 2 is 1.64 bits per heavy atom. The lowest BCUT2D eigenvalue weighted by molar-refractivity contribution is -0.583. The average molecular weight is 292 g/mol. The molecular weight excluding hydrogens is 274 g/mol. The lowest BCUT2D eigenvalue weighted by atomic mass is 10.1. The predicted molar refractivity (Wildman–Crippen MR) is 87.6 cm³/mol. The maximum absolute atomic E-state index is 6.32. The molecule has 0 saturated heterocycles. The second-order valence-electron chi connectivity index (χ2n) is 5.75. The van der Waals surface area contributed by atoms with Gasteiger partial charge < -0.3 is 4.42 Å². The number of furan rings is 1. The molecule has 2 aromatic heterocycles. The Morgan fingerprint density at radius 3 is 2.36 bits per heavy atom. The zero-order chi connectivity index (χ0) is 15.4. The predicted octanol–water partition coefficient (Wildman–Crippen LogP) is 3.30. The fourth-order valence-electron chi connectivity index (χ4n) is 3.24. The largest absolute Gasteiger partial charge is 0.419 e. The van der Waals surface area contributed by atoms with Crippen LogP contribution in [-0.2, 0) is 0 Å². The normalized spacial score (nSPS) is 11.6. The number of imidazole rings is 1. The van der Waals surface area contributed by atoms with Crippen molar-refractivity contribution in [3.05, 3.63) is 59.4 Å². The highest BCUT2D eigenvalue weighted by Crippen LogP contribution is 2.28. The minimum Gasteiger partial charge on any atom is -0.419 e. The minimum atomic E-state index is 0.790. The second-order valence-corrected chi connectivity index (χ2v) is 5.75. The summed E-state index contributed by atoms with van der Waals surface area (Å²) in [5.41, 5.74) is 6.09. The topological polar surface area (TPSA) is 48.0 Å². The van der Waals surface area contributed by atoms with Crippen molar-refractivity contribution in [1.82, 2.24) is 4.68 Å². The van der Waals surface area contributed by atoms with E-state index in [1.54, 1.807) is 4.68 Å². The molecule has 0 aliphatic heterocycles. The van der Waals surface area contributed by atoms with Crippen molar-refractivity contribution in [2.24, 2.45) is 0 Å². The summed E-state index contributed by atoms with van der Waals surface area (Å²) in [6.45, 7) is 6.23. The molecule has 0 bridgehead atoms. The van der Waals surface area contributed by atoms with Gasteiger partial charge in [0.2, 0.25) is 5.52 Å². The quantitative estimate of drug-likeness (QED) is 0.432. The van der Waals surface area contributed by atoms with Gasteiger partial charge in [0, 0.05) is 6.92 Å². The molecule has 0 aliphatic rings. The number of nitrogen functional groups attached to an aromatic ring is 1. The van der Waals surface area contributed by atoms with Crippen LogP contribution < -0.4 is 10.4 Å². The van der Waals surface area contributed by atoms with E-state index in [9.17, 15) is 0 Å². The minimum absolute atomic E-state index is 0.790. The Hall–Kier alpha value is -2.75. The van der Waals surface area contributed by atoms with E-state index in [2.05, 4.69) is 36.6 Å². The van der Waals surface area contributed by atoms with Crippen LogP contribution in [0.25, 0.3) is 27.9 Å². The van der Waals surface area contributed by atoms with Crippen molar-refractivity contribution in [2.45, 2.75) is 20.8 Å². The van der Waals surface area contributed by atoms with Gasteiger partial charge in [-0.25, -0.2) is 0 Å². The summed E-state index contributed by atoms with van der Waals surface area (Å²) in [6, 6.07) is 14.3. The van der Waals surface area contributed by atoms with E-state index in [4.69, 9.17) is 10.3 Å². The van der Waals surface area contributed by atoms with E-state index in [0.29, 0.717) is 0 Å². The van der Waals surface area contributed by atoms with E-state index in [-0.39, 0.29) is 0 Å². The highest BCUT2D eigenvalue weighted by molar-refractivity contribution is 6.00. The molecule has 0 fully saturated rings. The van der Waals surface area contributed by atoms with Gasteiger partial charge in [0.05, 0.1) is 5.39 Å². The Morgan fingerprint density at radius 1 is 0.955 bits per heavy atom. The number of nitrogens with zero attached hydrogens (tertiary/aromatic N) is 2. The molecular formula is C18H18N3O+. The summed E-state index contributed by atoms with van der Waals surface area (Å²) in [5.74, 6) is 7.26. The SMILES string of the molecule is Cc1cccc(C)c1-[n+]1c(C)n(N)c2c3ccccc3oc21. The zero-order valence-corrected chi connectivity index (χ0v) is 12.9. The Labute approximate surface area is 128 Å². The van der Waals surface area contributed by atoms with Crippen molar-refractivity contribution in [1.29, 1.82) is 0 Å².